The van der Waals surface area contributed by atoms with E-state index in [1.54, 1.807) is 0 Å². The van der Waals surface area contributed by atoms with Gasteiger partial charge in [-0.2, -0.15) is 0 Å². The number of nitrogens with one attached hydrogen (secondary N) is 1. The van der Waals surface area contributed by atoms with Gasteiger partial charge in [0.1, 0.15) is 5.82 Å². The van der Waals surface area contributed by atoms with Crippen molar-refractivity contribution < 1.29 is 0 Å². The Labute approximate surface area is 164 Å². The molecule has 0 saturated carbocycles. The summed E-state index contributed by atoms with van der Waals surface area (Å²) in [5.74, 6) is 2.04. The van der Waals surface area contributed by atoms with Crippen LogP contribution in [-0.4, -0.2) is 60.2 Å². The highest BCUT2D eigenvalue weighted by Crippen LogP contribution is 2.22. The predicted molar refractivity (Wildman–Crippen MR) is 112 cm³/mol. The second-order valence-electron chi connectivity index (χ2n) is 5.57. The van der Waals surface area contributed by atoms with Gasteiger partial charge in [0.25, 0.3) is 0 Å². The molecule has 0 unspecified atom stereocenters. The van der Waals surface area contributed by atoms with Crippen molar-refractivity contribution in [2.75, 3.05) is 44.7 Å². The third-order valence-electron chi connectivity index (χ3n) is 4.17. The molecule has 3 rings (SSSR count). The highest BCUT2D eigenvalue weighted by Gasteiger charge is 2.20. The van der Waals surface area contributed by atoms with Gasteiger partial charge >= 0.3 is 0 Å². The van der Waals surface area contributed by atoms with Gasteiger partial charge in [0.2, 0.25) is 0 Å². The zero-order valence-corrected chi connectivity index (χ0v) is 17.3. The molecule has 2 aromatic heterocycles. The van der Waals surface area contributed by atoms with Gasteiger partial charge in [-0.25, -0.2) is 4.98 Å². The Kier molecular flexibility index (Phi) is 7.35. The number of aryl methyl sites for hydroxylation is 1. The molecule has 0 bridgehead atoms. The largest absolute Gasteiger partial charge is 0.360 e. The Morgan fingerprint density at radius 2 is 2.12 bits per heavy atom. The van der Waals surface area contributed by atoms with E-state index in [1.807, 2.05) is 37.7 Å². The Bertz CT molecular complexity index is 631. The molecule has 0 amide bonds. The lowest BCUT2D eigenvalue weighted by Gasteiger charge is -2.37. The van der Waals surface area contributed by atoms with Crippen molar-refractivity contribution in [3.8, 4) is 0 Å². The van der Waals surface area contributed by atoms with Crippen LogP contribution in [0.1, 0.15) is 5.82 Å². The molecule has 0 aromatic carbocycles. The van der Waals surface area contributed by atoms with Gasteiger partial charge < -0.3 is 19.7 Å². The fraction of sp³-hybridized carbons (Fsp3) is 0.500. The number of piperazine rings is 1. The molecule has 1 fully saturated rings. The average Bonchev–Trinajstić information content (AvgIpc) is 3.24. The van der Waals surface area contributed by atoms with Gasteiger partial charge in [-0.05, 0) is 24.4 Å². The number of aromatic nitrogens is 2. The van der Waals surface area contributed by atoms with Crippen LogP contribution in [0, 0.1) is 6.92 Å². The standard InChI is InChI=1S/C16H24N6S.HI/c1-14-18-5-7-20(14)8-6-19-16(17-2)22-11-9-21(10-12-22)15-4-3-13-23-15;/h3-5,7,13H,6,8-12H2,1-2H3,(H,17,19);1H. The summed E-state index contributed by atoms with van der Waals surface area (Å²) in [6.45, 7) is 7.88. The van der Waals surface area contributed by atoms with Crippen LogP contribution >= 0.6 is 35.3 Å². The zero-order valence-electron chi connectivity index (χ0n) is 14.2. The van der Waals surface area contributed by atoms with E-state index in [0.29, 0.717) is 0 Å². The molecule has 3 heterocycles. The predicted octanol–water partition coefficient (Wildman–Crippen LogP) is 2.27. The second kappa shape index (κ2) is 9.26. The van der Waals surface area contributed by atoms with Crippen molar-refractivity contribution in [2.24, 2.45) is 4.99 Å². The molecule has 6 nitrogen and oxygen atoms in total. The summed E-state index contributed by atoms with van der Waals surface area (Å²) >= 11 is 1.81. The van der Waals surface area contributed by atoms with Crippen molar-refractivity contribution in [1.82, 2.24) is 19.8 Å². The molecule has 0 radical (unpaired) electrons. The summed E-state index contributed by atoms with van der Waals surface area (Å²) in [6.07, 6.45) is 3.85. The molecular weight excluding hydrogens is 435 g/mol. The third-order valence-corrected chi connectivity index (χ3v) is 5.10. The molecule has 0 spiro atoms. The number of imidazole rings is 1. The first-order chi connectivity index (χ1) is 11.3. The maximum Gasteiger partial charge on any atom is 0.193 e. The Balaban J connectivity index is 0.00000208. The molecule has 1 N–H and O–H groups in total. The van der Waals surface area contributed by atoms with Crippen LogP contribution in [0.3, 0.4) is 0 Å². The van der Waals surface area contributed by atoms with Crippen LogP contribution in [0.25, 0.3) is 0 Å². The van der Waals surface area contributed by atoms with E-state index in [1.165, 1.54) is 5.00 Å². The number of nitrogens with zero attached hydrogens (tertiary/aromatic N) is 5. The normalized spacial score (nSPS) is 15.3. The van der Waals surface area contributed by atoms with E-state index in [-0.39, 0.29) is 24.0 Å². The Hall–Kier alpha value is -1.29. The lowest BCUT2D eigenvalue weighted by Crippen LogP contribution is -2.52. The SMILES string of the molecule is CN=C(NCCn1ccnc1C)N1CCN(c2cccs2)CC1.I. The summed E-state index contributed by atoms with van der Waals surface area (Å²) in [5, 5.41) is 6.97. The molecule has 1 saturated heterocycles. The number of hydrogen-bond donors (Lipinski definition) is 1. The van der Waals surface area contributed by atoms with Crippen LogP contribution < -0.4 is 10.2 Å². The first-order valence-electron chi connectivity index (χ1n) is 7.99. The van der Waals surface area contributed by atoms with E-state index < -0.39 is 0 Å². The lowest BCUT2D eigenvalue weighted by atomic mass is 10.3. The van der Waals surface area contributed by atoms with Gasteiger partial charge in [0.15, 0.2) is 5.96 Å². The number of thiophene rings is 1. The van der Waals surface area contributed by atoms with Gasteiger partial charge in [0.05, 0.1) is 5.00 Å². The average molecular weight is 460 g/mol. The topological polar surface area (TPSA) is 48.7 Å². The number of rotatable bonds is 4. The highest BCUT2D eigenvalue weighted by atomic mass is 127. The van der Waals surface area contributed by atoms with Crippen LogP contribution in [0.4, 0.5) is 5.00 Å². The molecular formula is C16H25IN6S. The summed E-state index contributed by atoms with van der Waals surface area (Å²) in [6, 6.07) is 4.31. The third kappa shape index (κ3) is 4.62. The number of guanidine groups is 1. The number of halogens is 1. The van der Waals surface area contributed by atoms with Gasteiger partial charge in [-0.3, -0.25) is 4.99 Å². The number of anilines is 1. The van der Waals surface area contributed by atoms with Gasteiger partial charge in [-0.15, -0.1) is 35.3 Å². The van der Waals surface area contributed by atoms with E-state index in [4.69, 9.17) is 0 Å². The van der Waals surface area contributed by atoms with Crippen molar-refractivity contribution >= 4 is 46.3 Å². The minimum atomic E-state index is 0. The minimum Gasteiger partial charge on any atom is -0.360 e. The molecule has 2 aromatic rings. The van der Waals surface area contributed by atoms with Crippen molar-refractivity contribution in [1.29, 1.82) is 0 Å². The Morgan fingerprint density at radius 3 is 2.71 bits per heavy atom. The summed E-state index contributed by atoms with van der Waals surface area (Å²) in [4.78, 5) is 13.5. The first kappa shape index (κ1) is 19.0. The van der Waals surface area contributed by atoms with Crippen molar-refractivity contribution in [3.05, 3.63) is 35.7 Å². The van der Waals surface area contributed by atoms with E-state index >= 15 is 0 Å². The van der Waals surface area contributed by atoms with E-state index in [2.05, 4.69) is 47.2 Å². The summed E-state index contributed by atoms with van der Waals surface area (Å²) < 4.78 is 2.15. The van der Waals surface area contributed by atoms with Crippen LogP contribution in [0.2, 0.25) is 0 Å². The van der Waals surface area contributed by atoms with Crippen LogP contribution in [0.5, 0.6) is 0 Å². The molecule has 132 valence electrons. The molecule has 24 heavy (non-hydrogen) atoms. The fourth-order valence-electron chi connectivity index (χ4n) is 2.85. The highest BCUT2D eigenvalue weighted by molar-refractivity contribution is 14.0. The Morgan fingerprint density at radius 1 is 1.33 bits per heavy atom. The zero-order chi connectivity index (χ0) is 16.1. The molecule has 0 atom stereocenters. The molecule has 1 aliphatic rings. The maximum atomic E-state index is 4.43. The number of aliphatic imine (C=N–C) groups is 1. The lowest BCUT2D eigenvalue weighted by molar-refractivity contribution is 0.372. The fourth-order valence-corrected chi connectivity index (χ4v) is 3.63. The molecule has 0 aliphatic carbocycles. The maximum absolute atomic E-state index is 4.43. The summed E-state index contributed by atoms with van der Waals surface area (Å²) in [7, 11) is 1.86. The minimum absolute atomic E-state index is 0. The summed E-state index contributed by atoms with van der Waals surface area (Å²) in [5.41, 5.74) is 0. The second-order valence-corrected chi connectivity index (χ2v) is 6.49. The molecule has 1 aliphatic heterocycles. The van der Waals surface area contributed by atoms with Crippen molar-refractivity contribution in [3.63, 3.8) is 0 Å². The smallest absolute Gasteiger partial charge is 0.193 e. The first-order valence-corrected chi connectivity index (χ1v) is 8.87. The van der Waals surface area contributed by atoms with Crippen LogP contribution in [0.15, 0.2) is 34.9 Å². The van der Waals surface area contributed by atoms with E-state index in [9.17, 15) is 0 Å². The van der Waals surface area contributed by atoms with Gasteiger partial charge in [-0.1, -0.05) is 0 Å². The van der Waals surface area contributed by atoms with E-state index in [0.717, 1.165) is 51.1 Å². The van der Waals surface area contributed by atoms with Crippen molar-refractivity contribution in [2.45, 2.75) is 13.5 Å². The van der Waals surface area contributed by atoms with Crippen LogP contribution in [-0.2, 0) is 6.54 Å². The number of hydrogen-bond acceptors (Lipinski definition) is 4. The van der Waals surface area contributed by atoms with Gasteiger partial charge in [0, 0.05) is 58.7 Å². The molecule has 8 heteroatoms. The quantitative estimate of drug-likeness (QED) is 0.432. The monoisotopic (exact) mass is 460 g/mol.